The number of hydrogen-bond acceptors (Lipinski definition) is 8. The van der Waals surface area contributed by atoms with Crippen molar-refractivity contribution in [3.63, 3.8) is 0 Å². The summed E-state index contributed by atoms with van der Waals surface area (Å²) in [5.74, 6) is 0.775. The number of benzene rings is 1. The average Bonchev–Trinajstić information content (AvgIpc) is 3.40. The molecule has 0 spiro atoms. The summed E-state index contributed by atoms with van der Waals surface area (Å²) < 4.78 is 12.5. The predicted molar refractivity (Wildman–Crippen MR) is 108 cm³/mol. The number of thiazole rings is 1. The molecular formula is C20H19N5O3S. The first-order chi connectivity index (χ1) is 14.1. The molecule has 29 heavy (non-hydrogen) atoms. The predicted octanol–water partition coefficient (Wildman–Crippen LogP) is 3.74. The standard InChI is InChI=1S/C20H19N5O3S/c1-12(2)17-15(8-21-20-22-11-23-25(17)20)19(26)28-9-13-10-29-18(24-13)14-6-4-5-7-16(14)27-3/h4-8,10-12H,9H2,1-3H3. The minimum absolute atomic E-state index is 0.0428. The Labute approximate surface area is 171 Å². The first kappa shape index (κ1) is 19.0. The number of nitrogens with zero attached hydrogens (tertiary/aromatic N) is 5. The highest BCUT2D eigenvalue weighted by Gasteiger charge is 2.21. The molecule has 0 atom stereocenters. The van der Waals surface area contributed by atoms with Crippen molar-refractivity contribution in [2.24, 2.45) is 0 Å². The Morgan fingerprint density at radius 2 is 2.07 bits per heavy atom. The van der Waals surface area contributed by atoms with Gasteiger partial charge in [-0.3, -0.25) is 0 Å². The first-order valence-electron chi connectivity index (χ1n) is 9.02. The van der Waals surface area contributed by atoms with Gasteiger partial charge in [0.25, 0.3) is 5.78 Å². The molecule has 0 radical (unpaired) electrons. The fourth-order valence-corrected chi connectivity index (χ4v) is 3.88. The van der Waals surface area contributed by atoms with E-state index in [0.29, 0.717) is 22.7 Å². The lowest BCUT2D eigenvalue weighted by Gasteiger charge is -2.12. The third-order valence-corrected chi connectivity index (χ3v) is 5.27. The van der Waals surface area contributed by atoms with Crippen molar-refractivity contribution in [1.29, 1.82) is 0 Å². The van der Waals surface area contributed by atoms with Gasteiger partial charge in [-0.25, -0.2) is 19.3 Å². The molecule has 0 fully saturated rings. The normalized spacial score (nSPS) is 11.2. The highest BCUT2D eigenvalue weighted by atomic mass is 32.1. The maximum atomic E-state index is 12.7. The second-order valence-electron chi connectivity index (χ2n) is 6.60. The third kappa shape index (κ3) is 3.68. The van der Waals surface area contributed by atoms with Crippen LogP contribution < -0.4 is 4.74 Å². The van der Waals surface area contributed by atoms with Crippen LogP contribution in [0.15, 0.2) is 42.2 Å². The zero-order valence-corrected chi connectivity index (χ0v) is 17.0. The molecule has 0 aliphatic rings. The van der Waals surface area contributed by atoms with Gasteiger partial charge in [0.2, 0.25) is 0 Å². The maximum Gasteiger partial charge on any atom is 0.341 e. The Bertz CT molecular complexity index is 1170. The summed E-state index contributed by atoms with van der Waals surface area (Å²) in [6, 6.07) is 7.67. The van der Waals surface area contributed by atoms with Gasteiger partial charge in [-0.15, -0.1) is 11.3 Å². The number of fused-ring (bicyclic) bond motifs is 1. The van der Waals surface area contributed by atoms with E-state index >= 15 is 0 Å². The third-order valence-electron chi connectivity index (χ3n) is 4.35. The zero-order valence-electron chi connectivity index (χ0n) is 16.2. The van der Waals surface area contributed by atoms with Crippen LogP contribution in [-0.4, -0.2) is 37.6 Å². The van der Waals surface area contributed by atoms with E-state index in [1.807, 2.05) is 43.5 Å². The minimum atomic E-state index is -0.467. The molecule has 8 nitrogen and oxygen atoms in total. The summed E-state index contributed by atoms with van der Waals surface area (Å²) in [6.45, 7) is 4.03. The van der Waals surface area contributed by atoms with Crippen LogP contribution in [0.25, 0.3) is 16.3 Å². The summed E-state index contributed by atoms with van der Waals surface area (Å²) in [5, 5.41) is 6.85. The monoisotopic (exact) mass is 409 g/mol. The Balaban J connectivity index is 1.53. The van der Waals surface area contributed by atoms with Crippen LogP contribution in [-0.2, 0) is 11.3 Å². The van der Waals surface area contributed by atoms with E-state index < -0.39 is 5.97 Å². The summed E-state index contributed by atoms with van der Waals surface area (Å²) in [4.78, 5) is 25.5. The average molecular weight is 409 g/mol. The van der Waals surface area contributed by atoms with E-state index in [9.17, 15) is 4.79 Å². The smallest absolute Gasteiger partial charge is 0.341 e. The summed E-state index contributed by atoms with van der Waals surface area (Å²) in [6.07, 6.45) is 2.90. The quantitative estimate of drug-likeness (QED) is 0.448. The molecule has 3 heterocycles. The van der Waals surface area contributed by atoms with Gasteiger partial charge < -0.3 is 9.47 Å². The molecule has 0 saturated carbocycles. The number of aromatic nitrogens is 5. The van der Waals surface area contributed by atoms with Crippen LogP contribution in [0.2, 0.25) is 0 Å². The molecule has 0 amide bonds. The lowest BCUT2D eigenvalue weighted by molar-refractivity contribution is 0.0465. The lowest BCUT2D eigenvalue weighted by Crippen LogP contribution is -2.14. The molecule has 0 aliphatic carbocycles. The second kappa shape index (κ2) is 7.96. The number of esters is 1. The lowest BCUT2D eigenvalue weighted by atomic mass is 10.1. The Kier molecular flexibility index (Phi) is 5.22. The van der Waals surface area contributed by atoms with Crippen LogP contribution >= 0.6 is 11.3 Å². The van der Waals surface area contributed by atoms with Crippen LogP contribution in [0.4, 0.5) is 0 Å². The molecule has 0 N–H and O–H groups in total. The van der Waals surface area contributed by atoms with Crippen molar-refractivity contribution in [3.05, 3.63) is 59.1 Å². The van der Waals surface area contributed by atoms with E-state index in [4.69, 9.17) is 9.47 Å². The molecule has 4 aromatic rings. The van der Waals surface area contributed by atoms with Gasteiger partial charge in [-0.2, -0.15) is 10.1 Å². The molecule has 9 heteroatoms. The number of para-hydroxylation sites is 1. The van der Waals surface area contributed by atoms with E-state index in [0.717, 1.165) is 16.3 Å². The number of carbonyl (C=O) groups is 1. The first-order valence-corrected chi connectivity index (χ1v) is 9.90. The fraction of sp³-hybridized carbons (Fsp3) is 0.250. The maximum absolute atomic E-state index is 12.7. The molecule has 0 unspecified atom stereocenters. The van der Waals surface area contributed by atoms with Gasteiger partial charge in [0.15, 0.2) is 0 Å². The molecule has 148 valence electrons. The van der Waals surface area contributed by atoms with Crippen molar-refractivity contribution in [2.75, 3.05) is 7.11 Å². The van der Waals surface area contributed by atoms with Crippen molar-refractivity contribution < 1.29 is 14.3 Å². The van der Waals surface area contributed by atoms with Crippen LogP contribution in [0.1, 0.15) is 41.5 Å². The van der Waals surface area contributed by atoms with Gasteiger partial charge in [-0.1, -0.05) is 26.0 Å². The van der Waals surface area contributed by atoms with E-state index in [1.165, 1.54) is 23.9 Å². The molecule has 0 saturated heterocycles. The van der Waals surface area contributed by atoms with Crippen molar-refractivity contribution >= 4 is 23.1 Å². The van der Waals surface area contributed by atoms with Gasteiger partial charge in [0.1, 0.15) is 23.7 Å². The van der Waals surface area contributed by atoms with E-state index in [2.05, 4.69) is 20.1 Å². The minimum Gasteiger partial charge on any atom is -0.496 e. The van der Waals surface area contributed by atoms with Gasteiger partial charge in [0.05, 0.1) is 29.6 Å². The van der Waals surface area contributed by atoms with E-state index in [-0.39, 0.29) is 12.5 Å². The molecular weight excluding hydrogens is 390 g/mol. The van der Waals surface area contributed by atoms with Gasteiger partial charge in [0, 0.05) is 11.6 Å². The molecule has 0 aliphatic heterocycles. The van der Waals surface area contributed by atoms with E-state index in [1.54, 1.807) is 11.6 Å². The Morgan fingerprint density at radius 1 is 1.24 bits per heavy atom. The number of rotatable bonds is 6. The van der Waals surface area contributed by atoms with Gasteiger partial charge in [-0.05, 0) is 18.1 Å². The molecule has 4 rings (SSSR count). The van der Waals surface area contributed by atoms with Crippen molar-refractivity contribution in [2.45, 2.75) is 26.4 Å². The van der Waals surface area contributed by atoms with Gasteiger partial charge >= 0.3 is 5.97 Å². The topological polar surface area (TPSA) is 91.5 Å². The Morgan fingerprint density at radius 3 is 2.86 bits per heavy atom. The Hall–Kier alpha value is -3.33. The summed E-state index contributed by atoms with van der Waals surface area (Å²) in [7, 11) is 1.63. The van der Waals surface area contributed by atoms with Crippen LogP contribution in [0.3, 0.4) is 0 Å². The largest absolute Gasteiger partial charge is 0.496 e. The zero-order chi connectivity index (χ0) is 20.4. The van der Waals surface area contributed by atoms with Crippen molar-refractivity contribution in [3.8, 4) is 16.3 Å². The summed E-state index contributed by atoms with van der Waals surface area (Å²) in [5.41, 5.74) is 2.66. The summed E-state index contributed by atoms with van der Waals surface area (Å²) >= 11 is 1.47. The number of hydrogen-bond donors (Lipinski definition) is 0. The molecule has 1 aromatic carbocycles. The van der Waals surface area contributed by atoms with Crippen LogP contribution in [0, 0.1) is 0 Å². The molecule has 0 bridgehead atoms. The second-order valence-corrected chi connectivity index (χ2v) is 7.46. The number of methoxy groups -OCH3 is 1. The number of ether oxygens (including phenoxy) is 2. The molecule has 3 aromatic heterocycles. The number of carbonyl (C=O) groups excluding carboxylic acids is 1. The fourth-order valence-electron chi connectivity index (χ4n) is 3.04. The highest BCUT2D eigenvalue weighted by Crippen LogP contribution is 2.32. The van der Waals surface area contributed by atoms with Crippen LogP contribution in [0.5, 0.6) is 5.75 Å². The SMILES string of the molecule is COc1ccccc1-c1nc(COC(=O)c2cnc3ncnn3c2C(C)C)cs1. The van der Waals surface area contributed by atoms with Crippen molar-refractivity contribution in [1.82, 2.24) is 24.6 Å². The highest BCUT2D eigenvalue weighted by molar-refractivity contribution is 7.13.